The van der Waals surface area contributed by atoms with Gasteiger partial charge < -0.3 is 20.1 Å². The minimum atomic E-state index is -1.53. The fraction of sp³-hybridized carbons (Fsp3) is 0.185. The summed E-state index contributed by atoms with van der Waals surface area (Å²) in [6.07, 6.45) is -0.0177. The van der Waals surface area contributed by atoms with E-state index in [0.29, 0.717) is 17.4 Å². The Morgan fingerprint density at radius 1 is 1.03 bits per heavy atom. The SMILES string of the molecule is CC(=O)N([C@H](C=O)CC(=O)O)N1C(=O)[C@@H](NC(=O)c2cccc3ccccc23)CN(C=O)c2ccccc21. The molecule has 0 saturated heterocycles. The van der Waals surface area contributed by atoms with E-state index in [9.17, 15) is 33.9 Å². The van der Waals surface area contributed by atoms with Gasteiger partial charge in [0.25, 0.3) is 11.8 Å². The summed E-state index contributed by atoms with van der Waals surface area (Å²) in [5, 5.41) is 15.0. The zero-order valence-corrected chi connectivity index (χ0v) is 20.3. The Labute approximate surface area is 217 Å². The molecule has 2 atom stereocenters. The average Bonchev–Trinajstić information content (AvgIpc) is 3.02. The summed E-state index contributed by atoms with van der Waals surface area (Å²) in [6, 6.07) is 15.6. The highest BCUT2D eigenvalue weighted by Crippen LogP contribution is 2.34. The monoisotopic (exact) mass is 516 g/mol. The number of aliphatic carboxylic acids is 1. The van der Waals surface area contributed by atoms with E-state index in [1.807, 2.05) is 18.2 Å². The van der Waals surface area contributed by atoms with Crippen molar-refractivity contribution in [2.45, 2.75) is 25.4 Å². The van der Waals surface area contributed by atoms with Crippen molar-refractivity contribution in [2.24, 2.45) is 0 Å². The Balaban J connectivity index is 1.80. The van der Waals surface area contributed by atoms with Crippen molar-refractivity contribution in [1.82, 2.24) is 10.3 Å². The van der Waals surface area contributed by atoms with Crippen LogP contribution >= 0.6 is 0 Å². The number of aldehydes is 1. The highest BCUT2D eigenvalue weighted by Gasteiger charge is 2.41. The molecule has 3 aromatic rings. The molecule has 0 spiro atoms. The number of hydrogen-bond donors (Lipinski definition) is 2. The predicted molar refractivity (Wildman–Crippen MR) is 137 cm³/mol. The smallest absolute Gasteiger partial charge is 0.305 e. The first kappa shape index (κ1) is 26.0. The van der Waals surface area contributed by atoms with Crippen LogP contribution in [0.5, 0.6) is 0 Å². The van der Waals surface area contributed by atoms with Crippen LogP contribution in [0.25, 0.3) is 10.8 Å². The molecule has 0 radical (unpaired) electrons. The second-order valence-corrected chi connectivity index (χ2v) is 8.61. The van der Waals surface area contributed by atoms with Gasteiger partial charge in [0.2, 0.25) is 12.3 Å². The van der Waals surface area contributed by atoms with Crippen molar-refractivity contribution in [2.75, 3.05) is 16.5 Å². The number of rotatable bonds is 8. The largest absolute Gasteiger partial charge is 0.481 e. The Morgan fingerprint density at radius 3 is 2.34 bits per heavy atom. The van der Waals surface area contributed by atoms with Crippen molar-refractivity contribution in [3.8, 4) is 0 Å². The van der Waals surface area contributed by atoms with E-state index in [-0.39, 0.29) is 24.2 Å². The first-order valence-electron chi connectivity index (χ1n) is 11.7. The number of carbonyl (C=O) groups excluding carboxylic acids is 5. The Kier molecular flexibility index (Phi) is 7.47. The van der Waals surface area contributed by atoms with Crippen LogP contribution in [0.15, 0.2) is 66.7 Å². The minimum absolute atomic E-state index is 0.0685. The van der Waals surface area contributed by atoms with Gasteiger partial charge in [-0.2, -0.15) is 0 Å². The van der Waals surface area contributed by atoms with Gasteiger partial charge in [0, 0.05) is 12.5 Å². The van der Waals surface area contributed by atoms with Crippen LogP contribution in [0.2, 0.25) is 0 Å². The second-order valence-electron chi connectivity index (χ2n) is 8.61. The van der Waals surface area contributed by atoms with Crippen LogP contribution in [0.3, 0.4) is 0 Å². The number of hydrazine groups is 1. The highest BCUT2D eigenvalue weighted by molar-refractivity contribution is 6.11. The van der Waals surface area contributed by atoms with Crippen LogP contribution in [-0.2, 0) is 24.0 Å². The maximum absolute atomic E-state index is 14.0. The number of carboxylic acids is 1. The van der Waals surface area contributed by atoms with Gasteiger partial charge in [-0.15, -0.1) is 0 Å². The number of hydrogen-bond acceptors (Lipinski definition) is 6. The number of nitrogens with one attached hydrogen (secondary N) is 1. The topological polar surface area (TPSA) is 144 Å². The molecule has 0 fully saturated rings. The van der Waals surface area contributed by atoms with Crippen LogP contribution in [-0.4, -0.2) is 65.1 Å². The summed E-state index contributed by atoms with van der Waals surface area (Å²) in [7, 11) is 0. The summed E-state index contributed by atoms with van der Waals surface area (Å²) >= 11 is 0. The number of carboxylic acid groups (broad SMARTS) is 1. The molecule has 0 aromatic heterocycles. The number of anilines is 2. The normalized spacial score (nSPS) is 15.7. The van der Waals surface area contributed by atoms with E-state index < -0.39 is 42.2 Å². The van der Waals surface area contributed by atoms with Crippen LogP contribution in [0.4, 0.5) is 11.4 Å². The van der Waals surface area contributed by atoms with E-state index in [0.717, 1.165) is 22.3 Å². The third-order valence-corrected chi connectivity index (χ3v) is 6.17. The molecule has 1 aliphatic heterocycles. The number of para-hydroxylation sites is 2. The molecule has 0 bridgehead atoms. The number of carbonyl (C=O) groups is 6. The summed E-state index contributed by atoms with van der Waals surface area (Å²) < 4.78 is 0. The molecule has 38 heavy (non-hydrogen) atoms. The van der Waals surface area contributed by atoms with E-state index in [1.165, 1.54) is 17.0 Å². The molecule has 1 heterocycles. The first-order chi connectivity index (χ1) is 18.3. The molecule has 11 heteroatoms. The van der Waals surface area contributed by atoms with Crippen LogP contribution < -0.4 is 15.2 Å². The van der Waals surface area contributed by atoms with Gasteiger partial charge >= 0.3 is 5.97 Å². The number of fused-ring (bicyclic) bond motifs is 2. The fourth-order valence-corrected chi connectivity index (χ4v) is 4.51. The molecular weight excluding hydrogens is 492 g/mol. The van der Waals surface area contributed by atoms with Crippen LogP contribution in [0, 0.1) is 0 Å². The van der Waals surface area contributed by atoms with Gasteiger partial charge in [0.05, 0.1) is 24.3 Å². The zero-order valence-electron chi connectivity index (χ0n) is 20.3. The van der Waals surface area contributed by atoms with Crippen molar-refractivity contribution >= 4 is 58.5 Å². The zero-order chi connectivity index (χ0) is 27.4. The highest BCUT2D eigenvalue weighted by atomic mass is 16.4. The molecule has 11 nitrogen and oxygen atoms in total. The molecule has 0 unspecified atom stereocenters. The Bertz CT molecular complexity index is 1430. The first-order valence-corrected chi connectivity index (χ1v) is 11.7. The standard InChI is InChI=1S/C27H24N4O7/c1-17(34)30(19(15-32)13-25(35)36)31-24-12-5-4-11-23(24)29(16-33)14-22(27(31)38)28-26(37)21-10-6-8-18-7-2-3-9-20(18)21/h2-12,15-16,19,22H,13-14H2,1H3,(H,28,37)(H,35,36)/t19-,22-/m0/s1. The third kappa shape index (κ3) is 4.94. The molecule has 3 aromatic carbocycles. The number of nitrogens with zero attached hydrogens (tertiary/aromatic N) is 3. The number of amides is 4. The van der Waals surface area contributed by atoms with E-state index in [1.54, 1.807) is 36.4 Å². The minimum Gasteiger partial charge on any atom is -0.481 e. The van der Waals surface area contributed by atoms with E-state index in [4.69, 9.17) is 0 Å². The molecule has 2 N–H and O–H groups in total. The molecule has 0 aliphatic carbocycles. The summed E-state index contributed by atoms with van der Waals surface area (Å²) in [6.45, 7) is 0.809. The van der Waals surface area contributed by atoms with Crippen molar-refractivity contribution in [1.29, 1.82) is 0 Å². The summed E-state index contributed by atoms with van der Waals surface area (Å²) in [4.78, 5) is 76.7. The van der Waals surface area contributed by atoms with Gasteiger partial charge in [0.15, 0.2) is 0 Å². The lowest BCUT2D eigenvalue weighted by Gasteiger charge is -2.38. The summed E-state index contributed by atoms with van der Waals surface area (Å²) in [5.41, 5.74) is 0.588. The molecule has 4 amide bonds. The second kappa shape index (κ2) is 10.9. The van der Waals surface area contributed by atoms with E-state index in [2.05, 4.69) is 5.32 Å². The summed E-state index contributed by atoms with van der Waals surface area (Å²) in [5.74, 6) is -3.57. The maximum atomic E-state index is 14.0. The Morgan fingerprint density at radius 2 is 1.68 bits per heavy atom. The van der Waals surface area contributed by atoms with Gasteiger partial charge in [-0.1, -0.05) is 48.5 Å². The van der Waals surface area contributed by atoms with Crippen molar-refractivity contribution < 1.29 is 33.9 Å². The average molecular weight is 517 g/mol. The number of benzene rings is 3. The van der Waals surface area contributed by atoms with Crippen LogP contribution in [0.1, 0.15) is 23.7 Å². The molecule has 194 valence electrons. The van der Waals surface area contributed by atoms with Gasteiger partial charge in [-0.3, -0.25) is 24.0 Å². The van der Waals surface area contributed by atoms with Gasteiger partial charge in [0.1, 0.15) is 18.4 Å². The van der Waals surface area contributed by atoms with Crippen molar-refractivity contribution in [3.05, 3.63) is 72.3 Å². The van der Waals surface area contributed by atoms with E-state index >= 15 is 0 Å². The lowest BCUT2D eigenvalue weighted by Crippen LogP contribution is -2.60. The fourth-order valence-electron chi connectivity index (χ4n) is 4.51. The Hall–Kier alpha value is -5.06. The lowest BCUT2D eigenvalue weighted by molar-refractivity contribution is -0.145. The third-order valence-electron chi connectivity index (χ3n) is 6.17. The molecule has 0 saturated carbocycles. The molecule has 1 aliphatic rings. The van der Waals surface area contributed by atoms with Crippen molar-refractivity contribution in [3.63, 3.8) is 0 Å². The maximum Gasteiger partial charge on any atom is 0.305 e. The lowest BCUT2D eigenvalue weighted by atomic mass is 10.0. The quantitative estimate of drug-likeness (QED) is 0.434. The predicted octanol–water partition coefficient (Wildman–Crippen LogP) is 1.75. The molecule has 4 rings (SSSR count). The van der Waals surface area contributed by atoms with Gasteiger partial charge in [-0.05, 0) is 29.0 Å². The van der Waals surface area contributed by atoms with Gasteiger partial charge in [-0.25, -0.2) is 10.0 Å². The molecular formula is C27H24N4O7.